The van der Waals surface area contributed by atoms with Gasteiger partial charge in [-0.25, -0.2) is 13.2 Å². The monoisotopic (exact) mass is 505 g/mol. The van der Waals surface area contributed by atoms with E-state index in [0.717, 1.165) is 5.56 Å². The molecule has 1 aliphatic heterocycles. The molecule has 0 aromatic heterocycles. The molecule has 10 heteroatoms. The number of rotatable bonds is 10. The first-order chi connectivity index (χ1) is 16.5. The van der Waals surface area contributed by atoms with Crippen LogP contribution in [0.2, 0.25) is 0 Å². The van der Waals surface area contributed by atoms with Crippen molar-refractivity contribution in [2.24, 2.45) is 0 Å². The molecule has 1 fully saturated rings. The van der Waals surface area contributed by atoms with E-state index < -0.39 is 27.7 Å². The second-order valence-electron chi connectivity index (χ2n) is 9.09. The summed E-state index contributed by atoms with van der Waals surface area (Å²) >= 11 is 0. The second-order valence-corrected chi connectivity index (χ2v) is 11.0. The Morgan fingerprint density at radius 2 is 1.80 bits per heavy atom. The summed E-state index contributed by atoms with van der Waals surface area (Å²) in [5.41, 5.74) is -0.395. The molecule has 0 radical (unpaired) electrons. The van der Waals surface area contributed by atoms with Crippen LogP contribution in [0, 0.1) is 0 Å². The number of epoxide rings is 1. The molecule has 9 nitrogen and oxygen atoms in total. The summed E-state index contributed by atoms with van der Waals surface area (Å²) in [6, 6.07) is 13.3. The van der Waals surface area contributed by atoms with E-state index in [2.05, 4.69) is 0 Å². The lowest BCUT2D eigenvalue weighted by atomic mass is 10.1. The fourth-order valence-corrected chi connectivity index (χ4v) is 4.53. The van der Waals surface area contributed by atoms with Crippen LogP contribution in [0.5, 0.6) is 11.5 Å². The van der Waals surface area contributed by atoms with Crippen LogP contribution in [0.25, 0.3) is 0 Å². The third-order valence-corrected chi connectivity index (χ3v) is 6.53. The molecule has 1 amide bonds. The number of carbonyl (C=O) groups is 2. The Kier molecular flexibility index (Phi) is 8.39. The first-order valence-corrected chi connectivity index (χ1v) is 13.0. The number of nitrogens with zero attached hydrogens (tertiary/aromatic N) is 1. The zero-order valence-electron chi connectivity index (χ0n) is 20.4. The second kappa shape index (κ2) is 11.1. The van der Waals surface area contributed by atoms with Gasteiger partial charge in [-0.1, -0.05) is 37.3 Å². The number of sulfonamides is 1. The van der Waals surface area contributed by atoms with E-state index in [4.69, 9.17) is 18.9 Å². The Morgan fingerprint density at radius 3 is 2.40 bits per heavy atom. The summed E-state index contributed by atoms with van der Waals surface area (Å²) in [5, 5.41) is 0. The average Bonchev–Trinajstić information content (AvgIpc) is 3.57. The van der Waals surface area contributed by atoms with Crippen molar-refractivity contribution in [3.8, 4) is 11.5 Å². The van der Waals surface area contributed by atoms with Gasteiger partial charge in [-0.2, -0.15) is 4.31 Å². The lowest BCUT2D eigenvalue weighted by Crippen LogP contribution is -2.42. The van der Waals surface area contributed by atoms with Crippen molar-refractivity contribution in [1.82, 2.24) is 0 Å². The molecule has 0 saturated carbocycles. The minimum Gasteiger partial charge on any atom is -0.491 e. The highest BCUT2D eigenvalue weighted by Gasteiger charge is 2.36. The summed E-state index contributed by atoms with van der Waals surface area (Å²) in [7, 11) is -4.16. The van der Waals surface area contributed by atoms with Crippen molar-refractivity contribution >= 4 is 27.8 Å². The zero-order chi connectivity index (χ0) is 25.6. The fraction of sp³-hybridized carbons (Fsp3) is 0.440. The molecule has 35 heavy (non-hydrogen) atoms. The summed E-state index contributed by atoms with van der Waals surface area (Å²) in [6.45, 7) is 7.42. The topological polar surface area (TPSA) is 112 Å². The highest BCUT2D eigenvalue weighted by atomic mass is 32.2. The van der Waals surface area contributed by atoms with Crippen molar-refractivity contribution in [2.75, 3.05) is 23.3 Å². The molecule has 0 spiro atoms. The van der Waals surface area contributed by atoms with Crippen molar-refractivity contribution in [1.29, 1.82) is 0 Å². The number of anilines is 1. The van der Waals surface area contributed by atoms with Gasteiger partial charge in [-0.05, 0) is 44.9 Å². The van der Waals surface area contributed by atoms with Gasteiger partial charge in [0.15, 0.2) is 5.75 Å². The van der Waals surface area contributed by atoms with Crippen LogP contribution in [0.4, 0.5) is 10.5 Å². The van der Waals surface area contributed by atoms with Crippen LogP contribution >= 0.6 is 0 Å². The van der Waals surface area contributed by atoms with Gasteiger partial charge in [0.05, 0.1) is 18.8 Å². The van der Waals surface area contributed by atoms with Gasteiger partial charge in [-0.3, -0.25) is 4.79 Å². The number of esters is 1. The third kappa shape index (κ3) is 7.97. The summed E-state index contributed by atoms with van der Waals surface area (Å²) < 4.78 is 48.7. The Hall–Kier alpha value is -3.11. The maximum atomic E-state index is 13.2. The minimum atomic E-state index is -4.16. The van der Waals surface area contributed by atoms with Crippen LogP contribution in [0.15, 0.2) is 48.5 Å². The van der Waals surface area contributed by atoms with E-state index in [-0.39, 0.29) is 42.7 Å². The Bertz CT molecular complexity index is 1140. The van der Waals surface area contributed by atoms with Gasteiger partial charge in [0.2, 0.25) is 10.0 Å². The third-order valence-electron chi connectivity index (χ3n) is 4.70. The van der Waals surface area contributed by atoms with E-state index in [1.165, 1.54) is 18.2 Å². The van der Waals surface area contributed by atoms with Crippen molar-refractivity contribution in [3.63, 3.8) is 0 Å². The Balaban J connectivity index is 2.00. The van der Waals surface area contributed by atoms with Gasteiger partial charge >= 0.3 is 12.1 Å². The quantitative estimate of drug-likeness (QED) is 0.270. The van der Waals surface area contributed by atoms with E-state index in [0.29, 0.717) is 16.7 Å². The lowest BCUT2D eigenvalue weighted by Gasteiger charge is -2.28. The molecule has 0 unspecified atom stereocenters. The molecule has 1 aliphatic rings. The smallest absolute Gasteiger partial charge is 0.429 e. The maximum Gasteiger partial charge on any atom is 0.429 e. The molecule has 1 saturated heterocycles. The predicted octanol–water partition coefficient (Wildman–Crippen LogP) is 4.09. The van der Waals surface area contributed by atoms with E-state index in [9.17, 15) is 18.0 Å². The Labute approximate surface area is 206 Å². The number of hydrogen-bond donors (Lipinski definition) is 0. The molecular weight excluding hydrogens is 474 g/mol. The lowest BCUT2D eigenvalue weighted by molar-refractivity contribution is -0.133. The average molecular weight is 506 g/mol. The van der Waals surface area contributed by atoms with Crippen molar-refractivity contribution in [2.45, 2.75) is 52.2 Å². The molecule has 1 heterocycles. The Morgan fingerprint density at radius 1 is 1.11 bits per heavy atom. The fourth-order valence-electron chi connectivity index (χ4n) is 3.12. The molecule has 1 atom stereocenters. The SMILES string of the molecule is CCCS(=O)(=O)N(C(=O)OC(C)(C)C)c1cc(OC[C@@H]2CO2)ccc1OC(=O)Cc1ccccc1. The first-order valence-electron chi connectivity index (χ1n) is 11.4. The number of hydrogen-bond acceptors (Lipinski definition) is 8. The molecule has 190 valence electrons. The van der Waals surface area contributed by atoms with Gasteiger partial charge in [0.25, 0.3) is 0 Å². The van der Waals surface area contributed by atoms with Crippen LogP contribution in [-0.4, -0.2) is 51.2 Å². The van der Waals surface area contributed by atoms with Crippen LogP contribution in [-0.2, 0) is 30.7 Å². The van der Waals surface area contributed by atoms with Gasteiger partial charge in [0.1, 0.15) is 29.7 Å². The minimum absolute atomic E-state index is 0.0346. The molecule has 2 aromatic carbocycles. The normalized spacial score (nSPS) is 15.3. The molecule has 0 N–H and O–H groups in total. The van der Waals surface area contributed by atoms with E-state index in [1.54, 1.807) is 52.0 Å². The van der Waals surface area contributed by atoms with Crippen LogP contribution in [0.1, 0.15) is 39.7 Å². The maximum absolute atomic E-state index is 13.2. The summed E-state index contributed by atoms with van der Waals surface area (Å²) in [4.78, 5) is 25.8. The number of ether oxygens (including phenoxy) is 4. The van der Waals surface area contributed by atoms with Gasteiger partial charge in [-0.15, -0.1) is 0 Å². The van der Waals surface area contributed by atoms with Gasteiger partial charge in [0, 0.05) is 6.07 Å². The highest BCUT2D eigenvalue weighted by Crippen LogP contribution is 2.36. The molecular formula is C25H31NO8S. The standard InChI is InChI=1S/C25H31NO8S/c1-5-13-35(29,30)26(24(28)34-25(2,3)4)21-15-19(31-16-20-17-32-20)11-12-22(21)33-23(27)14-18-9-7-6-8-10-18/h6-12,15,20H,5,13-14,16-17H2,1-4H3/t20-/m1/s1. The number of carbonyl (C=O) groups excluding carboxylic acids is 2. The first kappa shape index (κ1) is 26.5. The predicted molar refractivity (Wildman–Crippen MR) is 130 cm³/mol. The number of amides is 1. The molecule has 2 aromatic rings. The van der Waals surface area contributed by atoms with Crippen molar-refractivity contribution < 1.29 is 37.0 Å². The highest BCUT2D eigenvalue weighted by molar-refractivity contribution is 7.93. The number of benzene rings is 2. The van der Waals surface area contributed by atoms with E-state index >= 15 is 0 Å². The summed E-state index contributed by atoms with van der Waals surface area (Å²) in [5.74, 6) is -0.746. The summed E-state index contributed by atoms with van der Waals surface area (Å²) in [6.07, 6.45) is -0.910. The molecule has 0 bridgehead atoms. The largest absolute Gasteiger partial charge is 0.491 e. The van der Waals surface area contributed by atoms with Crippen LogP contribution < -0.4 is 13.8 Å². The van der Waals surface area contributed by atoms with E-state index in [1.807, 2.05) is 6.07 Å². The van der Waals surface area contributed by atoms with Gasteiger partial charge < -0.3 is 18.9 Å². The molecule has 3 rings (SSSR count). The van der Waals surface area contributed by atoms with Crippen molar-refractivity contribution in [3.05, 3.63) is 54.1 Å². The molecule has 0 aliphatic carbocycles. The zero-order valence-corrected chi connectivity index (χ0v) is 21.2. The van der Waals surface area contributed by atoms with Crippen LogP contribution in [0.3, 0.4) is 0 Å².